The van der Waals surface area contributed by atoms with E-state index < -0.39 is 0 Å². The molecule has 0 radical (unpaired) electrons. The van der Waals surface area contributed by atoms with Crippen LogP contribution in [0.5, 0.6) is 0 Å². The molecule has 2 saturated heterocycles. The Morgan fingerprint density at radius 3 is 2.56 bits per heavy atom. The first-order chi connectivity index (χ1) is 12.2. The van der Waals surface area contributed by atoms with Crippen LogP contribution in [0.2, 0.25) is 0 Å². The van der Waals surface area contributed by atoms with E-state index in [0.29, 0.717) is 0 Å². The lowest BCUT2D eigenvalue weighted by Gasteiger charge is -2.24. The number of aromatic nitrogens is 3. The van der Waals surface area contributed by atoms with Gasteiger partial charge in [0.2, 0.25) is 0 Å². The maximum Gasteiger partial charge on any atom is 0.135 e. The van der Waals surface area contributed by atoms with Crippen LogP contribution in [0, 0.1) is 25.7 Å². The Morgan fingerprint density at radius 1 is 1.04 bits per heavy atom. The van der Waals surface area contributed by atoms with Crippen LogP contribution >= 0.6 is 11.3 Å². The van der Waals surface area contributed by atoms with Gasteiger partial charge in [-0.3, -0.25) is 4.90 Å². The van der Waals surface area contributed by atoms with Crippen LogP contribution in [0.1, 0.15) is 34.2 Å². The Morgan fingerprint density at radius 2 is 1.84 bits per heavy atom. The van der Waals surface area contributed by atoms with Gasteiger partial charge in [-0.25, -0.2) is 15.0 Å². The van der Waals surface area contributed by atoms with Crippen molar-refractivity contribution in [2.75, 3.05) is 31.1 Å². The number of anilines is 1. The zero-order valence-corrected chi connectivity index (χ0v) is 15.8. The number of hydrogen-bond acceptors (Lipinski definition) is 6. The number of thiazole rings is 1. The van der Waals surface area contributed by atoms with Crippen LogP contribution in [0.25, 0.3) is 0 Å². The molecular formula is C19H25N5S. The van der Waals surface area contributed by atoms with Gasteiger partial charge in [-0.2, -0.15) is 0 Å². The molecule has 0 amide bonds. The van der Waals surface area contributed by atoms with E-state index in [9.17, 15) is 0 Å². The molecule has 4 heterocycles. The molecule has 0 saturated carbocycles. The second-order valence-electron chi connectivity index (χ2n) is 7.85. The molecule has 2 atom stereocenters. The molecule has 3 aliphatic rings. The molecule has 5 rings (SSSR count). The number of rotatable bonds is 3. The molecule has 2 fully saturated rings. The quantitative estimate of drug-likeness (QED) is 0.847. The van der Waals surface area contributed by atoms with Crippen molar-refractivity contribution in [2.45, 2.75) is 39.7 Å². The minimum atomic E-state index is 0.770. The standard InChI is InChI=1S/C19H25N5S/c1-12-20-18-5-3-4-17(18)19(21-12)24-8-14-6-23(7-15(14)9-24)10-16-11-25-13(2)22-16/h11,14-15H,3-10H2,1-2H3. The van der Waals surface area contributed by atoms with E-state index in [1.165, 1.54) is 47.3 Å². The molecule has 1 aliphatic carbocycles. The van der Waals surface area contributed by atoms with Crippen molar-refractivity contribution in [2.24, 2.45) is 11.8 Å². The Labute approximate surface area is 153 Å². The Balaban J connectivity index is 1.28. The Hall–Kier alpha value is -1.53. The Bertz CT molecular complexity index is 787. The predicted octanol–water partition coefficient (Wildman–Crippen LogP) is 2.61. The summed E-state index contributed by atoms with van der Waals surface area (Å²) in [7, 11) is 0. The van der Waals surface area contributed by atoms with Crippen LogP contribution in [-0.4, -0.2) is 46.0 Å². The van der Waals surface area contributed by atoms with Crippen LogP contribution in [-0.2, 0) is 19.4 Å². The van der Waals surface area contributed by atoms with Crippen molar-refractivity contribution in [1.29, 1.82) is 0 Å². The van der Waals surface area contributed by atoms with Gasteiger partial charge in [0.1, 0.15) is 11.6 Å². The van der Waals surface area contributed by atoms with Crippen molar-refractivity contribution in [3.63, 3.8) is 0 Å². The van der Waals surface area contributed by atoms with Gasteiger partial charge in [0.15, 0.2) is 0 Å². The molecule has 2 aliphatic heterocycles. The van der Waals surface area contributed by atoms with E-state index in [1.54, 1.807) is 11.3 Å². The summed E-state index contributed by atoms with van der Waals surface area (Å²) in [5.41, 5.74) is 3.98. The van der Waals surface area contributed by atoms with Gasteiger partial charge in [-0.1, -0.05) is 0 Å². The fourth-order valence-electron chi connectivity index (χ4n) is 4.90. The van der Waals surface area contributed by atoms with Crippen LogP contribution in [0.4, 0.5) is 5.82 Å². The summed E-state index contributed by atoms with van der Waals surface area (Å²) in [6, 6.07) is 0. The molecule has 0 bridgehead atoms. The van der Waals surface area contributed by atoms with Crippen molar-refractivity contribution >= 4 is 17.2 Å². The van der Waals surface area contributed by atoms with Crippen molar-refractivity contribution in [1.82, 2.24) is 19.9 Å². The summed E-state index contributed by atoms with van der Waals surface area (Å²) >= 11 is 1.76. The fraction of sp³-hybridized carbons (Fsp3) is 0.632. The molecule has 0 spiro atoms. The highest BCUT2D eigenvalue weighted by atomic mass is 32.1. The number of likely N-dealkylation sites (tertiary alicyclic amines) is 1. The maximum absolute atomic E-state index is 4.84. The maximum atomic E-state index is 4.84. The third kappa shape index (κ3) is 2.85. The van der Waals surface area contributed by atoms with E-state index in [0.717, 1.165) is 50.1 Å². The molecular weight excluding hydrogens is 330 g/mol. The number of hydrogen-bond donors (Lipinski definition) is 0. The van der Waals surface area contributed by atoms with Crippen LogP contribution in [0.15, 0.2) is 5.38 Å². The number of aryl methyl sites for hydroxylation is 3. The lowest BCUT2D eigenvalue weighted by Crippen LogP contribution is -2.30. The number of nitrogens with zero attached hydrogens (tertiary/aromatic N) is 5. The summed E-state index contributed by atoms with van der Waals surface area (Å²) in [5, 5.41) is 3.39. The average molecular weight is 356 g/mol. The molecule has 6 heteroatoms. The molecule has 2 unspecified atom stereocenters. The normalized spacial score (nSPS) is 25.6. The fourth-order valence-corrected chi connectivity index (χ4v) is 5.50. The molecule has 5 nitrogen and oxygen atoms in total. The van der Waals surface area contributed by atoms with Gasteiger partial charge in [-0.05, 0) is 44.9 Å². The monoisotopic (exact) mass is 355 g/mol. The van der Waals surface area contributed by atoms with Gasteiger partial charge in [0, 0.05) is 49.4 Å². The third-order valence-electron chi connectivity index (χ3n) is 5.94. The van der Waals surface area contributed by atoms with Crippen LogP contribution < -0.4 is 4.90 Å². The van der Waals surface area contributed by atoms with E-state index >= 15 is 0 Å². The molecule has 132 valence electrons. The second-order valence-corrected chi connectivity index (χ2v) is 8.91. The smallest absolute Gasteiger partial charge is 0.135 e. The zero-order valence-electron chi connectivity index (χ0n) is 15.0. The van der Waals surface area contributed by atoms with Crippen molar-refractivity contribution in [3.05, 3.63) is 33.2 Å². The van der Waals surface area contributed by atoms with Crippen molar-refractivity contribution < 1.29 is 0 Å². The highest BCUT2D eigenvalue weighted by Crippen LogP contribution is 2.37. The van der Waals surface area contributed by atoms with E-state index in [-0.39, 0.29) is 0 Å². The highest BCUT2D eigenvalue weighted by Gasteiger charge is 2.41. The lowest BCUT2D eigenvalue weighted by atomic mass is 10.0. The lowest BCUT2D eigenvalue weighted by molar-refractivity contribution is 0.305. The van der Waals surface area contributed by atoms with Gasteiger partial charge in [0.05, 0.1) is 10.7 Å². The van der Waals surface area contributed by atoms with E-state index in [1.807, 2.05) is 6.92 Å². The molecule has 25 heavy (non-hydrogen) atoms. The molecule has 2 aromatic rings. The zero-order chi connectivity index (χ0) is 17.0. The summed E-state index contributed by atoms with van der Waals surface area (Å²) < 4.78 is 0. The largest absolute Gasteiger partial charge is 0.356 e. The minimum absolute atomic E-state index is 0.770. The average Bonchev–Trinajstić information content (AvgIpc) is 3.30. The first-order valence-corrected chi connectivity index (χ1v) is 10.3. The molecule has 0 N–H and O–H groups in total. The van der Waals surface area contributed by atoms with Gasteiger partial charge in [-0.15, -0.1) is 11.3 Å². The predicted molar refractivity (Wildman–Crippen MR) is 100 cm³/mol. The molecule has 0 aromatic carbocycles. The van der Waals surface area contributed by atoms with Gasteiger partial charge < -0.3 is 4.90 Å². The topological polar surface area (TPSA) is 45.2 Å². The molecule has 2 aromatic heterocycles. The first-order valence-electron chi connectivity index (χ1n) is 9.40. The Kier molecular flexibility index (Phi) is 3.78. The van der Waals surface area contributed by atoms with Crippen LogP contribution in [0.3, 0.4) is 0 Å². The third-order valence-corrected chi connectivity index (χ3v) is 6.76. The highest BCUT2D eigenvalue weighted by molar-refractivity contribution is 7.09. The second kappa shape index (κ2) is 6.02. The van der Waals surface area contributed by atoms with Gasteiger partial charge >= 0.3 is 0 Å². The summed E-state index contributed by atoms with van der Waals surface area (Å²) in [5.74, 6) is 3.73. The van der Waals surface area contributed by atoms with Gasteiger partial charge in [0.25, 0.3) is 0 Å². The summed E-state index contributed by atoms with van der Waals surface area (Å²) in [6.45, 7) is 9.84. The SMILES string of the molecule is Cc1nc2c(c(N3CC4CN(Cc5csc(C)n5)CC4C3)n1)CCC2. The summed E-state index contributed by atoms with van der Waals surface area (Å²) in [4.78, 5) is 19.3. The van der Waals surface area contributed by atoms with E-state index in [2.05, 4.69) is 32.1 Å². The first kappa shape index (κ1) is 15.7. The summed E-state index contributed by atoms with van der Waals surface area (Å²) in [6.07, 6.45) is 3.53. The van der Waals surface area contributed by atoms with E-state index in [4.69, 9.17) is 4.98 Å². The number of fused-ring (bicyclic) bond motifs is 2. The minimum Gasteiger partial charge on any atom is -0.356 e. The van der Waals surface area contributed by atoms with Crippen molar-refractivity contribution in [3.8, 4) is 0 Å².